The van der Waals surface area contributed by atoms with E-state index in [2.05, 4.69) is 15.3 Å². The lowest BCUT2D eigenvalue weighted by molar-refractivity contribution is -0.137. The van der Waals surface area contributed by atoms with Crippen LogP contribution in [0.5, 0.6) is 5.88 Å². The Bertz CT molecular complexity index is 857. The molecule has 3 rings (SSSR count). The van der Waals surface area contributed by atoms with E-state index < -0.39 is 17.6 Å². The third-order valence-electron chi connectivity index (χ3n) is 3.21. The minimum Gasteiger partial charge on any atom is -0.481 e. The number of amides is 1. The third kappa shape index (κ3) is 6.43. The average molecular weight is 375 g/mol. The third-order valence-corrected chi connectivity index (χ3v) is 3.21. The number of carbonyl (C=O) groups is 1. The number of nitrogens with zero attached hydrogens (tertiary/aromatic N) is 2. The quantitative estimate of drug-likeness (QED) is 0.735. The van der Waals surface area contributed by atoms with E-state index in [-0.39, 0.29) is 5.82 Å². The van der Waals surface area contributed by atoms with Gasteiger partial charge in [-0.3, -0.25) is 4.79 Å². The number of methoxy groups -OCH3 is 1. The van der Waals surface area contributed by atoms with Gasteiger partial charge in [0.25, 0.3) is 5.91 Å². The molecule has 2 heterocycles. The number of pyridine rings is 2. The number of aromatic nitrogens is 2. The van der Waals surface area contributed by atoms with Crippen LogP contribution in [0.3, 0.4) is 0 Å². The van der Waals surface area contributed by atoms with Crippen molar-refractivity contribution in [1.82, 2.24) is 9.97 Å². The Labute approximate surface area is 153 Å². The Balaban J connectivity index is 0.000000273. The van der Waals surface area contributed by atoms with Crippen LogP contribution in [0, 0.1) is 0 Å². The Morgan fingerprint density at radius 1 is 0.963 bits per heavy atom. The summed E-state index contributed by atoms with van der Waals surface area (Å²) in [5.41, 5.74) is -0.507. The van der Waals surface area contributed by atoms with Crippen molar-refractivity contribution in [2.75, 3.05) is 12.4 Å². The molecule has 0 unspecified atom stereocenters. The van der Waals surface area contributed by atoms with Gasteiger partial charge < -0.3 is 10.1 Å². The summed E-state index contributed by atoms with van der Waals surface area (Å²) in [6, 6.07) is 15.3. The van der Waals surface area contributed by atoms with E-state index in [0.29, 0.717) is 11.4 Å². The molecule has 0 atom stereocenters. The summed E-state index contributed by atoms with van der Waals surface area (Å²) in [6.45, 7) is 0. The molecule has 8 heteroatoms. The first kappa shape index (κ1) is 19.9. The lowest BCUT2D eigenvalue weighted by atomic mass is 10.2. The molecule has 2 aromatic heterocycles. The van der Waals surface area contributed by atoms with Gasteiger partial charge in [-0.05, 0) is 30.3 Å². The summed E-state index contributed by atoms with van der Waals surface area (Å²) in [5.74, 6) is 0.0172. The molecule has 0 aliphatic rings. The van der Waals surface area contributed by atoms with E-state index in [4.69, 9.17) is 4.74 Å². The summed E-state index contributed by atoms with van der Waals surface area (Å²) in [5, 5.41) is 2.32. The van der Waals surface area contributed by atoms with Crippen LogP contribution in [0.15, 0.2) is 73.1 Å². The topological polar surface area (TPSA) is 64.1 Å². The van der Waals surface area contributed by atoms with E-state index in [1.807, 2.05) is 12.1 Å². The van der Waals surface area contributed by atoms with Crippen molar-refractivity contribution >= 4 is 11.7 Å². The Hall–Kier alpha value is -3.42. The Morgan fingerprint density at radius 2 is 1.67 bits per heavy atom. The molecule has 0 saturated carbocycles. The first-order valence-electron chi connectivity index (χ1n) is 7.75. The van der Waals surface area contributed by atoms with Crippen LogP contribution in [0.2, 0.25) is 0 Å². The molecule has 0 spiro atoms. The number of hydrogen-bond acceptors (Lipinski definition) is 4. The van der Waals surface area contributed by atoms with Crippen molar-refractivity contribution < 1.29 is 22.7 Å². The molecular formula is C19H16F3N3O2. The smallest absolute Gasteiger partial charge is 0.416 e. The molecule has 140 valence electrons. The summed E-state index contributed by atoms with van der Waals surface area (Å²) in [7, 11) is 1.60. The van der Waals surface area contributed by atoms with Crippen LogP contribution in [0.4, 0.5) is 19.0 Å². The molecule has 0 fully saturated rings. The van der Waals surface area contributed by atoms with Gasteiger partial charge in [-0.2, -0.15) is 13.2 Å². The van der Waals surface area contributed by atoms with Crippen molar-refractivity contribution in [1.29, 1.82) is 0 Å². The number of benzene rings is 1. The van der Waals surface area contributed by atoms with Crippen molar-refractivity contribution in [3.05, 3.63) is 84.2 Å². The van der Waals surface area contributed by atoms with Crippen LogP contribution in [0.1, 0.15) is 15.9 Å². The fourth-order valence-corrected chi connectivity index (χ4v) is 1.92. The minimum atomic E-state index is -4.46. The van der Waals surface area contributed by atoms with E-state index in [1.54, 1.807) is 49.7 Å². The van der Waals surface area contributed by atoms with Gasteiger partial charge >= 0.3 is 6.18 Å². The molecule has 0 bridgehead atoms. The Kier molecular flexibility index (Phi) is 6.87. The molecule has 0 saturated heterocycles. The number of halogens is 3. The van der Waals surface area contributed by atoms with E-state index in [0.717, 1.165) is 18.3 Å². The molecule has 1 amide bonds. The van der Waals surface area contributed by atoms with Crippen molar-refractivity contribution in [3.8, 4) is 5.88 Å². The van der Waals surface area contributed by atoms with Gasteiger partial charge in [-0.25, -0.2) is 9.97 Å². The zero-order valence-electron chi connectivity index (χ0n) is 14.3. The van der Waals surface area contributed by atoms with Crippen LogP contribution < -0.4 is 10.1 Å². The summed E-state index contributed by atoms with van der Waals surface area (Å²) in [6.07, 6.45) is -1.77. The number of rotatable bonds is 3. The molecule has 27 heavy (non-hydrogen) atoms. The summed E-state index contributed by atoms with van der Waals surface area (Å²) in [4.78, 5) is 19.3. The molecule has 1 N–H and O–H groups in total. The largest absolute Gasteiger partial charge is 0.481 e. The summed E-state index contributed by atoms with van der Waals surface area (Å²) < 4.78 is 42.3. The van der Waals surface area contributed by atoms with Crippen molar-refractivity contribution in [3.63, 3.8) is 0 Å². The SMILES string of the molecule is COc1ccccn1.O=C(Nc1cc(C(F)(F)F)ccn1)c1ccccc1. The highest BCUT2D eigenvalue weighted by Crippen LogP contribution is 2.29. The van der Waals surface area contributed by atoms with Crippen LogP contribution in [-0.4, -0.2) is 23.0 Å². The Morgan fingerprint density at radius 3 is 2.22 bits per heavy atom. The van der Waals surface area contributed by atoms with Gasteiger partial charge in [-0.1, -0.05) is 24.3 Å². The van der Waals surface area contributed by atoms with Gasteiger partial charge in [0.15, 0.2) is 0 Å². The minimum absolute atomic E-state index is 0.135. The zero-order chi connectivity index (χ0) is 19.7. The number of hydrogen-bond donors (Lipinski definition) is 1. The fraction of sp³-hybridized carbons (Fsp3) is 0.105. The molecule has 1 aromatic carbocycles. The maximum Gasteiger partial charge on any atom is 0.416 e. The van der Waals surface area contributed by atoms with Gasteiger partial charge in [0.05, 0.1) is 12.7 Å². The molecule has 3 aromatic rings. The maximum atomic E-state index is 12.5. The lowest BCUT2D eigenvalue weighted by Crippen LogP contribution is -2.14. The number of alkyl halides is 3. The highest BCUT2D eigenvalue weighted by molar-refractivity contribution is 6.03. The highest BCUT2D eigenvalue weighted by Gasteiger charge is 2.30. The van der Waals surface area contributed by atoms with Gasteiger partial charge in [0.1, 0.15) is 5.82 Å². The molecule has 5 nitrogen and oxygen atoms in total. The van der Waals surface area contributed by atoms with Crippen LogP contribution in [0.25, 0.3) is 0 Å². The second-order valence-electron chi connectivity index (χ2n) is 5.12. The molecular weight excluding hydrogens is 359 g/mol. The number of anilines is 1. The second-order valence-corrected chi connectivity index (χ2v) is 5.12. The number of nitrogens with one attached hydrogen (secondary N) is 1. The average Bonchev–Trinajstić information content (AvgIpc) is 2.69. The van der Waals surface area contributed by atoms with E-state index in [1.165, 1.54) is 0 Å². The predicted molar refractivity (Wildman–Crippen MR) is 94.4 cm³/mol. The zero-order valence-corrected chi connectivity index (χ0v) is 14.3. The standard InChI is InChI=1S/C13H9F3N2O.C6H7NO/c14-13(15,16)10-6-7-17-11(8-10)18-12(19)9-4-2-1-3-5-9;1-8-6-4-2-3-5-7-6/h1-8H,(H,17,18,19);2-5H,1H3. The second kappa shape index (κ2) is 9.33. The summed E-state index contributed by atoms with van der Waals surface area (Å²) >= 11 is 0. The molecule has 0 aliphatic carbocycles. The number of ether oxygens (including phenoxy) is 1. The first-order valence-corrected chi connectivity index (χ1v) is 7.75. The lowest BCUT2D eigenvalue weighted by Gasteiger charge is -2.09. The molecule has 0 aliphatic heterocycles. The first-order chi connectivity index (χ1) is 12.9. The van der Waals surface area contributed by atoms with Gasteiger partial charge in [0.2, 0.25) is 5.88 Å². The van der Waals surface area contributed by atoms with E-state index >= 15 is 0 Å². The predicted octanol–water partition coefficient (Wildman–Crippen LogP) is 4.44. The van der Waals surface area contributed by atoms with Crippen molar-refractivity contribution in [2.45, 2.75) is 6.18 Å². The van der Waals surface area contributed by atoms with Crippen LogP contribution >= 0.6 is 0 Å². The van der Waals surface area contributed by atoms with Crippen LogP contribution in [-0.2, 0) is 6.18 Å². The maximum absolute atomic E-state index is 12.5. The fourth-order valence-electron chi connectivity index (χ4n) is 1.92. The van der Waals surface area contributed by atoms with Gasteiger partial charge in [0, 0.05) is 24.0 Å². The van der Waals surface area contributed by atoms with Crippen molar-refractivity contribution in [2.24, 2.45) is 0 Å². The normalized spacial score (nSPS) is 10.4. The monoisotopic (exact) mass is 375 g/mol. The highest BCUT2D eigenvalue weighted by atomic mass is 19.4. The van der Waals surface area contributed by atoms with Gasteiger partial charge in [-0.15, -0.1) is 0 Å². The molecule has 0 radical (unpaired) electrons. The number of carbonyl (C=O) groups excluding carboxylic acids is 1. The van der Waals surface area contributed by atoms with E-state index in [9.17, 15) is 18.0 Å².